The minimum Gasteiger partial charge on any atom is -0.493 e. The van der Waals surface area contributed by atoms with E-state index in [4.69, 9.17) is 54.4 Å². The third-order valence-corrected chi connectivity index (χ3v) is 9.77. The highest BCUT2D eigenvalue weighted by molar-refractivity contribution is 7.98. The Hall–Kier alpha value is -4.15. The number of nitrogens with zero attached hydrogens (tertiary/aromatic N) is 3. The molecule has 0 bridgehead atoms. The van der Waals surface area contributed by atoms with Crippen molar-refractivity contribution in [3.8, 4) is 11.5 Å². The molecule has 2 heterocycles. The maximum absolute atomic E-state index is 14.1. The van der Waals surface area contributed by atoms with Crippen LogP contribution in [0, 0.1) is 13.8 Å². The van der Waals surface area contributed by atoms with Crippen molar-refractivity contribution in [3.05, 3.63) is 133 Å². The lowest BCUT2D eigenvalue weighted by atomic mass is 9.94. The largest absolute Gasteiger partial charge is 0.493 e. The summed E-state index contributed by atoms with van der Waals surface area (Å²) in [5.41, 5.74) is 6.45. The molecular weight excluding hydrogens is 689 g/mol. The van der Waals surface area contributed by atoms with Gasteiger partial charge in [0.15, 0.2) is 11.5 Å². The second-order valence-corrected chi connectivity index (χ2v) is 13.5. The number of halogens is 3. The molecular formula is C36H32Cl3N5O3S. The molecule has 0 aliphatic carbocycles. The first-order chi connectivity index (χ1) is 23.1. The number of ether oxygens (including phenoxy) is 2. The molecule has 6 rings (SSSR count). The maximum atomic E-state index is 14.1. The summed E-state index contributed by atoms with van der Waals surface area (Å²) >= 11 is 20.3. The highest BCUT2D eigenvalue weighted by Gasteiger charge is 2.35. The van der Waals surface area contributed by atoms with Crippen molar-refractivity contribution < 1.29 is 14.3 Å². The van der Waals surface area contributed by atoms with Crippen LogP contribution in [-0.2, 0) is 17.2 Å². The quantitative estimate of drug-likeness (QED) is 0.139. The van der Waals surface area contributed by atoms with Crippen LogP contribution in [0.25, 0.3) is 0 Å². The Morgan fingerprint density at radius 1 is 0.938 bits per heavy atom. The van der Waals surface area contributed by atoms with E-state index in [1.807, 2.05) is 87.5 Å². The van der Waals surface area contributed by atoms with E-state index in [1.165, 1.54) is 11.8 Å². The number of allylic oxidation sites excluding steroid dienone is 1. The van der Waals surface area contributed by atoms with Gasteiger partial charge in [0.2, 0.25) is 11.1 Å². The minimum atomic E-state index is -0.636. The van der Waals surface area contributed by atoms with Crippen LogP contribution in [0.2, 0.25) is 15.1 Å². The van der Waals surface area contributed by atoms with Gasteiger partial charge in [-0.1, -0.05) is 94.6 Å². The molecule has 0 saturated heterocycles. The highest BCUT2D eigenvalue weighted by Crippen LogP contribution is 2.40. The fraction of sp³-hybridized carbons (Fsp3) is 0.194. The number of anilines is 2. The van der Waals surface area contributed by atoms with Crippen molar-refractivity contribution in [1.29, 1.82) is 0 Å². The smallest absolute Gasteiger partial charge is 0.255 e. The molecule has 4 aromatic carbocycles. The number of aryl methyl sites for hydroxylation is 2. The number of hydrogen-bond acceptors (Lipinski definition) is 7. The molecule has 12 heteroatoms. The van der Waals surface area contributed by atoms with E-state index in [9.17, 15) is 4.79 Å². The van der Waals surface area contributed by atoms with Gasteiger partial charge in [0.1, 0.15) is 12.6 Å². The number of carbonyl (C=O) groups excluding carboxylic acids is 1. The predicted molar refractivity (Wildman–Crippen MR) is 194 cm³/mol. The molecule has 246 valence electrons. The number of rotatable bonds is 10. The first-order valence-corrected chi connectivity index (χ1v) is 17.2. The summed E-state index contributed by atoms with van der Waals surface area (Å²) in [7, 11) is 1.57. The number of hydrogen-bond donors (Lipinski definition) is 2. The standard InChI is InChI=1S/C36H32Cl3N5O3S/c1-20-9-13-29(21(2)15-20)41-34(45)32-22(3)40-35-42-36(48-19-25-7-5-6-8-27(25)38)43-44(35)33(32)23-11-14-30(31(16-23)46-4)47-18-24-10-12-26(37)17-28(24)39/h5-17,33H,18-19H2,1-4H3,(H,41,45)(H,40,42,43). The van der Waals surface area contributed by atoms with E-state index < -0.39 is 6.04 Å². The fourth-order valence-corrected chi connectivity index (χ4v) is 7.04. The van der Waals surface area contributed by atoms with Crippen LogP contribution >= 0.6 is 46.6 Å². The van der Waals surface area contributed by atoms with Gasteiger partial charge in [-0.3, -0.25) is 4.79 Å². The lowest BCUT2D eigenvalue weighted by Crippen LogP contribution is -2.31. The summed E-state index contributed by atoms with van der Waals surface area (Å²) in [4.78, 5) is 18.9. The topological polar surface area (TPSA) is 90.3 Å². The third-order valence-electron chi connectivity index (χ3n) is 7.92. The van der Waals surface area contributed by atoms with Gasteiger partial charge in [-0.2, -0.15) is 4.98 Å². The maximum Gasteiger partial charge on any atom is 0.255 e. The highest BCUT2D eigenvalue weighted by atomic mass is 35.5. The zero-order chi connectivity index (χ0) is 33.9. The average Bonchev–Trinajstić information content (AvgIpc) is 3.47. The van der Waals surface area contributed by atoms with Gasteiger partial charge in [0.25, 0.3) is 5.91 Å². The Bertz CT molecular complexity index is 2050. The van der Waals surface area contributed by atoms with Crippen molar-refractivity contribution in [2.75, 3.05) is 17.7 Å². The summed E-state index contributed by atoms with van der Waals surface area (Å²) in [6, 6.07) is 23.8. The molecule has 1 atom stereocenters. The molecule has 1 amide bonds. The molecule has 1 aliphatic rings. The molecule has 1 aromatic heterocycles. The van der Waals surface area contributed by atoms with E-state index in [0.717, 1.165) is 33.5 Å². The second kappa shape index (κ2) is 14.5. The molecule has 0 saturated carbocycles. The number of methoxy groups -OCH3 is 1. The molecule has 5 aromatic rings. The fourth-order valence-electron chi connectivity index (χ4n) is 5.46. The summed E-state index contributed by atoms with van der Waals surface area (Å²) < 4.78 is 13.6. The zero-order valence-electron chi connectivity index (χ0n) is 26.6. The van der Waals surface area contributed by atoms with Gasteiger partial charge < -0.3 is 20.1 Å². The SMILES string of the molecule is COc1cc(C2C(C(=O)Nc3ccc(C)cc3C)=C(C)Nc3nc(SCc4ccccc4Cl)nn32)ccc1OCc1ccc(Cl)cc1Cl. The lowest BCUT2D eigenvalue weighted by molar-refractivity contribution is -0.113. The minimum absolute atomic E-state index is 0.209. The van der Waals surface area contributed by atoms with Gasteiger partial charge in [0.05, 0.1) is 12.7 Å². The number of carbonyl (C=O) groups is 1. The van der Waals surface area contributed by atoms with Crippen LogP contribution in [0.15, 0.2) is 95.3 Å². The van der Waals surface area contributed by atoms with Crippen LogP contribution in [0.1, 0.15) is 40.8 Å². The van der Waals surface area contributed by atoms with E-state index in [0.29, 0.717) is 54.7 Å². The monoisotopic (exact) mass is 719 g/mol. The molecule has 8 nitrogen and oxygen atoms in total. The molecule has 1 unspecified atom stereocenters. The van der Waals surface area contributed by atoms with Gasteiger partial charge >= 0.3 is 0 Å². The third kappa shape index (κ3) is 7.29. The summed E-state index contributed by atoms with van der Waals surface area (Å²) in [5.74, 6) is 1.83. The first kappa shape index (κ1) is 33.7. The van der Waals surface area contributed by atoms with Gasteiger partial charge in [0, 0.05) is 37.8 Å². The van der Waals surface area contributed by atoms with Crippen molar-refractivity contribution in [2.24, 2.45) is 0 Å². The van der Waals surface area contributed by atoms with Crippen LogP contribution in [0.3, 0.4) is 0 Å². The molecule has 0 radical (unpaired) electrons. The number of thioether (sulfide) groups is 1. The Balaban J connectivity index is 1.35. The van der Waals surface area contributed by atoms with Crippen molar-refractivity contribution in [3.63, 3.8) is 0 Å². The van der Waals surface area contributed by atoms with Crippen LogP contribution in [0.4, 0.5) is 11.6 Å². The molecule has 48 heavy (non-hydrogen) atoms. The van der Waals surface area contributed by atoms with Crippen LogP contribution in [0.5, 0.6) is 11.5 Å². The first-order valence-electron chi connectivity index (χ1n) is 15.0. The van der Waals surface area contributed by atoms with E-state index in [2.05, 4.69) is 10.6 Å². The number of fused-ring (bicyclic) bond motifs is 1. The summed E-state index contributed by atoms with van der Waals surface area (Å²) in [6.45, 7) is 6.06. The van der Waals surface area contributed by atoms with Crippen molar-refractivity contribution in [1.82, 2.24) is 14.8 Å². The molecule has 0 fully saturated rings. The van der Waals surface area contributed by atoms with Crippen molar-refractivity contribution >= 4 is 64.1 Å². The van der Waals surface area contributed by atoms with Gasteiger partial charge in [-0.25, -0.2) is 4.68 Å². The molecule has 1 aliphatic heterocycles. The number of nitrogens with one attached hydrogen (secondary N) is 2. The summed E-state index contributed by atoms with van der Waals surface area (Å²) in [6.07, 6.45) is 0. The predicted octanol–water partition coefficient (Wildman–Crippen LogP) is 9.66. The Morgan fingerprint density at radius 2 is 1.75 bits per heavy atom. The van der Waals surface area contributed by atoms with E-state index in [1.54, 1.807) is 23.9 Å². The Morgan fingerprint density at radius 3 is 2.50 bits per heavy atom. The van der Waals surface area contributed by atoms with Crippen molar-refractivity contribution in [2.45, 2.75) is 44.3 Å². The number of amides is 1. The van der Waals surface area contributed by atoms with E-state index >= 15 is 0 Å². The number of benzene rings is 4. The van der Waals surface area contributed by atoms with Crippen LogP contribution < -0.4 is 20.1 Å². The normalized spacial score (nSPS) is 13.9. The number of aromatic nitrogens is 3. The lowest BCUT2D eigenvalue weighted by Gasteiger charge is -2.29. The summed E-state index contributed by atoms with van der Waals surface area (Å²) in [5, 5.41) is 13.6. The van der Waals surface area contributed by atoms with Gasteiger partial charge in [-0.05, 0) is 73.9 Å². The second-order valence-electron chi connectivity index (χ2n) is 11.3. The zero-order valence-corrected chi connectivity index (χ0v) is 29.7. The molecule has 0 spiro atoms. The Labute approximate surface area is 298 Å². The Kier molecular flexibility index (Phi) is 10.2. The average molecular weight is 721 g/mol. The van der Waals surface area contributed by atoms with Gasteiger partial charge in [-0.15, -0.1) is 5.10 Å². The molecule has 2 N–H and O–H groups in total. The van der Waals surface area contributed by atoms with Crippen LogP contribution in [-0.4, -0.2) is 27.8 Å². The van der Waals surface area contributed by atoms with E-state index in [-0.39, 0.29) is 12.5 Å².